The molecule has 0 saturated heterocycles. The number of methoxy groups -OCH3 is 2. The summed E-state index contributed by atoms with van der Waals surface area (Å²) in [5, 5.41) is 3.65. The molecule has 1 N–H and O–H groups in total. The van der Waals surface area contributed by atoms with Crippen LogP contribution in [-0.2, 0) is 9.84 Å². The van der Waals surface area contributed by atoms with Crippen LogP contribution in [0.5, 0.6) is 11.5 Å². The first-order chi connectivity index (χ1) is 15.3. The Hall–Kier alpha value is -3.65. The quantitative estimate of drug-likeness (QED) is 0.429. The van der Waals surface area contributed by atoms with E-state index in [1.54, 1.807) is 36.4 Å². The first kappa shape index (κ1) is 21.6. The third-order valence-corrected chi connectivity index (χ3v) is 6.85. The lowest BCUT2D eigenvalue weighted by Crippen LogP contribution is -2.08. The van der Waals surface area contributed by atoms with Crippen LogP contribution in [0.4, 0.5) is 15.8 Å². The van der Waals surface area contributed by atoms with Gasteiger partial charge in [-0.3, -0.25) is 4.98 Å². The number of aromatic nitrogens is 1. The Morgan fingerprint density at radius 3 is 2.16 bits per heavy atom. The summed E-state index contributed by atoms with van der Waals surface area (Å²) >= 11 is 0. The molecule has 6 nitrogen and oxygen atoms in total. The van der Waals surface area contributed by atoms with Gasteiger partial charge in [0.25, 0.3) is 0 Å². The van der Waals surface area contributed by atoms with Crippen molar-refractivity contribution >= 4 is 32.1 Å². The number of sulfone groups is 1. The maximum absolute atomic E-state index is 13.5. The zero-order chi connectivity index (χ0) is 22.9. The summed E-state index contributed by atoms with van der Waals surface area (Å²) in [6.45, 7) is 1.88. The molecule has 32 heavy (non-hydrogen) atoms. The molecular weight excluding hydrogens is 431 g/mol. The normalized spacial score (nSPS) is 11.4. The number of benzene rings is 3. The molecule has 0 bridgehead atoms. The van der Waals surface area contributed by atoms with E-state index in [2.05, 4.69) is 10.3 Å². The van der Waals surface area contributed by atoms with Gasteiger partial charge in [-0.15, -0.1) is 0 Å². The van der Waals surface area contributed by atoms with E-state index in [9.17, 15) is 12.8 Å². The van der Waals surface area contributed by atoms with Gasteiger partial charge in [0.05, 0.1) is 30.3 Å². The zero-order valence-electron chi connectivity index (χ0n) is 17.7. The Balaban J connectivity index is 1.99. The minimum Gasteiger partial charge on any atom is -0.493 e. The number of hydrogen-bond acceptors (Lipinski definition) is 6. The zero-order valence-corrected chi connectivity index (χ0v) is 18.5. The number of nitrogens with zero attached hydrogens (tertiary/aromatic N) is 1. The molecule has 0 aliphatic heterocycles. The van der Waals surface area contributed by atoms with Gasteiger partial charge in [0.1, 0.15) is 10.7 Å². The summed E-state index contributed by atoms with van der Waals surface area (Å²) in [4.78, 5) is 4.51. The molecule has 0 saturated carbocycles. The summed E-state index contributed by atoms with van der Waals surface area (Å²) in [6.07, 6.45) is 1.31. The van der Waals surface area contributed by atoms with Crippen molar-refractivity contribution in [3.63, 3.8) is 0 Å². The van der Waals surface area contributed by atoms with Gasteiger partial charge >= 0.3 is 0 Å². The van der Waals surface area contributed by atoms with Crippen LogP contribution in [-0.4, -0.2) is 27.6 Å². The molecular formula is C24H21FN2O4S. The highest BCUT2D eigenvalue weighted by atomic mass is 32.2. The molecule has 3 aromatic carbocycles. The summed E-state index contributed by atoms with van der Waals surface area (Å²) in [6, 6.07) is 15.6. The van der Waals surface area contributed by atoms with Crippen LogP contribution >= 0.6 is 0 Å². The van der Waals surface area contributed by atoms with Crippen molar-refractivity contribution in [2.24, 2.45) is 0 Å². The Morgan fingerprint density at radius 2 is 1.53 bits per heavy atom. The number of aryl methyl sites for hydroxylation is 1. The number of halogens is 1. The summed E-state index contributed by atoms with van der Waals surface area (Å²) in [7, 11) is -0.904. The smallest absolute Gasteiger partial charge is 0.210 e. The SMILES string of the molecule is COc1cc2ncc(S(=O)(=O)c3ccc(C)cc3)c(Nc3ccc(F)cc3)c2cc1OC. The Bertz CT molecular complexity index is 1390. The van der Waals surface area contributed by atoms with Gasteiger partial charge in [0.2, 0.25) is 9.84 Å². The van der Waals surface area contributed by atoms with E-state index in [0.29, 0.717) is 33.8 Å². The minimum absolute atomic E-state index is 0.00889. The molecule has 1 aromatic heterocycles. The van der Waals surface area contributed by atoms with E-state index in [1.807, 2.05) is 6.92 Å². The molecule has 8 heteroatoms. The highest BCUT2D eigenvalue weighted by Crippen LogP contribution is 2.39. The van der Waals surface area contributed by atoms with Crippen molar-refractivity contribution in [1.82, 2.24) is 4.98 Å². The third-order valence-electron chi connectivity index (χ3n) is 5.07. The average Bonchev–Trinajstić information content (AvgIpc) is 2.79. The molecule has 0 unspecified atom stereocenters. The van der Waals surface area contributed by atoms with Crippen molar-refractivity contribution in [1.29, 1.82) is 0 Å². The van der Waals surface area contributed by atoms with E-state index in [-0.39, 0.29) is 9.79 Å². The van der Waals surface area contributed by atoms with Crippen LogP contribution in [0.25, 0.3) is 10.9 Å². The van der Waals surface area contributed by atoms with Crippen LogP contribution in [0.2, 0.25) is 0 Å². The molecule has 0 amide bonds. The molecule has 0 atom stereocenters. The average molecular weight is 453 g/mol. The minimum atomic E-state index is -3.91. The highest BCUT2D eigenvalue weighted by molar-refractivity contribution is 7.91. The molecule has 0 aliphatic carbocycles. The second-order valence-corrected chi connectivity index (χ2v) is 9.09. The molecule has 164 valence electrons. The Labute approximate surface area is 185 Å². The first-order valence-corrected chi connectivity index (χ1v) is 11.2. The van der Waals surface area contributed by atoms with Crippen LogP contribution < -0.4 is 14.8 Å². The fourth-order valence-electron chi connectivity index (χ4n) is 3.36. The van der Waals surface area contributed by atoms with Gasteiger partial charge < -0.3 is 14.8 Å². The summed E-state index contributed by atoms with van der Waals surface area (Å²) < 4.78 is 51.2. The molecule has 4 aromatic rings. The van der Waals surface area contributed by atoms with Crippen molar-refractivity contribution < 1.29 is 22.3 Å². The van der Waals surface area contributed by atoms with E-state index in [0.717, 1.165) is 5.56 Å². The number of anilines is 2. The maximum atomic E-state index is 13.5. The third kappa shape index (κ3) is 3.97. The number of fused-ring (bicyclic) bond motifs is 1. The number of hydrogen-bond donors (Lipinski definition) is 1. The van der Waals surface area contributed by atoms with E-state index in [1.165, 1.54) is 44.7 Å². The second kappa shape index (κ2) is 8.47. The van der Waals surface area contributed by atoms with E-state index < -0.39 is 15.7 Å². The van der Waals surface area contributed by atoms with Gasteiger partial charge in [-0.1, -0.05) is 17.7 Å². The van der Waals surface area contributed by atoms with Gasteiger partial charge in [0, 0.05) is 23.3 Å². The highest BCUT2D eigenvalue weighted by Gasteiger charge is 2.25. The van der Waals surface area contributed by atoms with Crippen LogP contribution in [0.1, 0.15) is 5.56 Å². The fraction of sp³-hybridized carbons (Fsp3) is 0.125. The lowest BCUT2D eigenvalue weighted by Gasteiger charge is -2.17. The lowest BCUT2D eigenvalue weighted by molar-refractivity contribution is 0.356. The van der Waals surface area contributed by atoms with Gasteiger partial charge in [-0.2, -0.15) is 0 Å². The van der Waals surface area contributed by atoms with Crippen LogP contribution in [0, 0.1) is 12.7 Å². The summed E-state index contributed by atoms with van der Waals surface area (Å²) in [5.41, 5.74) is 2.29. The Kier molecular flexibility index (Phi) is 5.71. The molecule has 0 aliphatic rings. The standard InChI is InChI=1S/C24H21FN2O4S/c1-15-4-10-18(11-5-15)32(28,29)23-14-26-20-13-22(31-3)21(30-2)12-19(20)24(23)27-17-8-6-16(25)7-9-17/h4-14H,1-3H3,(H,26,27). The van der Waals surface area contributed by atoms with Gasteiger partial charge in [-0.05, 0) is 49.4 Å². The van der Waals surface area contributed by atoms with E-state index in [4.69, 9.17) is 9.47 Å². The number of pyridine rings is 1. The molecule has 0 spiro atoms. The van der Waals surface area contributed by atoms with Crippen LogP contribution in [0.15, 0.2) is 76.7 Å². The number of nitrogens with one attached hydrogen (secondary N) is 1. The molecule has 4 rings (SSSR count). The monoisotopic (exact) mass is 452 g/mol. The molecule has 0 radical (unpaired) electrons. The topological polar surface area (TPSA) is 77.5 Å². The van der Waals surface area contributed by atoms with E-state index >= 15 is 0 Å². The number of ether oxygens (including phenoxy) is 2. The van der Waals surface area contributed by atoms with Gasteiger partial charge in [0.15, 0.2) is 11.5 Å². The fourth-order valence-corrected chi connectivity index (χ4v) is 4.72. The largest absolute Gasteiger partial charge is 0.493 e. The maximum Gasteiger partial charge on any atom is 0.210 e. The van der Waals surface area contributed by atoms with Crippen molar-refractivity contribution in [2.45, 2.75) is 16.7 Å². The molecule has 0 fully saturated rings. The second-order valence-electron chi connectivity index (χ2n) is 7.17. The van der Waals surface area contributed by atoms with Crippen molar-refractivity contribution in [3.05, 3.63) is 78.2 Å². The first-order valence-electron chi connectivity index (χ1n) is 9.72. The van der Waals surface area contributed by atoms with Crippen molar-refractivity contribution in [2.75, 3.05) is 19.5 Å². The van der Waals surface area contributed by atoms with Crippen molar-refractivity contribution in [3.8, 4) is 11.5 Å². The van der Waals surface area contributed by atoms with Gasteiger partial charge in [-0.25, -0.2) is 12.8 Å². The Morgan fingerprint density at radius 1 is 0.906 bits per heavy atom. The van der Waals surface area contributed by atoms with Crippen LogP contribution in [0.3, 0.4) is 0 Å². The molecule has 1 heterocycles. The predicted molar refractivity (Wildman–Crippen MR) is 121 cm³/mol. The number of rotatable bonds is 6. The predicted octanol–water partition coefficient (Wildman–Crippen LogP) is 5.28. The summed E-state index contributed by atoms with van der Waals surface area (Å²) in [5.74, 6) is 0.497. The lowest BCUT2D eigenvalue weighted by atomic mass is 10.1.